The molecule has 3 heteroatoms. The van der Waals surface area contributed by atoms with Crippen molar-refractivity contribution in [2.24, 2.45) is 0 Å². The Balaban J connectivity index is 1.97. The molecular weight excluding hydrogens is 264 g/mol. The molecule has 1 N–H and O–H groups in total. The van der Waals surface area contributed by atoms with E-state index in [1.54, 1.807) is 0 Å². The summed E-state index contributed by atoms with van der Waals surface area (Å²) in [6.07, 6.45) is 0. The molecule has 2 heterocycles. The molecule has 0 aliphatic heterocycles. The summed E-state index contributed by atoms with van der Waals surface area (Å²) in [6, 6.07) is 13.2. The summed E-state index contributed by atoms with van der Waals surface area (Å²) in [4.78, 5) is 1.42. The van der Waals surface area contributed by atoms with Crippen molar-refractivity contribution in [3.05, 3.63) is 58.2 Å². The molecule has 0 saturated carbocycles. The van der Waals surface area contributed by atoms with Crippen LogP contribution in [0.25, 0.3) is 10.1 Å². The van der Waals surface area contributed by atoms with Gasteiger partial charge in [-0.25, -0.2) is 0 Å². The minimum Gasteiger partial charge on any atom is -0.318 e. The van der Waals surface area contributed by atoms with Gasteiger partial charge in [0.05, 0.1) is 6.04 Å². The molecular formula is C17H20N2S. The van der Waals surface area contributed by atoms with Gasteiger partial charge in [0.2, 0.25) is 0 Å². The lowest BCUT2D eigenvalue weighted by atomic mass is 10.1. The van der Waals surface area contributed by atoms with Crippen molar-refractivity contribution in [2.45, 2.75) is 33.7 Å². The van der Waals surface area contributed by atoms with Gasteiger partial charge >= 0.3 is 0 Å². The van der Waals surface area contributed by atoms with Crippen LogP contribution in [0.3, 0.4) is 0 Å². The molecule has 1 atom stereocenters. The molecule has 3 aromatic rings. The molecule has 2 aromatic heterocycles. The summed E-state index contributed by atoms with van der Waals surface area (Å²) in [5.41, 5.74) is 7.49. The number of thiophene rings is 1. The van der Waals surface area contributed by atoms with Gasteiger partial charge in [-0.1, -0.05) is 18.2 Å². The molecule has 0 spiro atoms. The van der Waals surface area contributed by atoms with Crippen LogP contribution in [0, 0.1) is 20.8 Å². The summed E-state index contributed by atoms with van der Waals surface area (Å²) in [5.74, 6) is 0. The summed E-state index contributed by atoms with van der Waals surface area (Å²) >= 11 is 1.89. The zero-order valence-corrected chi connectivity index (χ0v) is 13.2. The summed E-state index contributed by atoms with van der Waals surface area (Å²) in [6.45, 7) is 8.72. The Morgan fingerprint density at radius 3 is 2.30 bits per heavy atom. The molecule has 0 saturated heterocycles. The second kappa shape index (κ2) is 4.98. The fraction of sp³-hybridized carbons (Fsp3) is 0.294. The van der Waals surface area contributed by atoms with Crippen LogP contribution in [-0.2, 0) is 0 Å². The molecule has 0 amide bonds. The van der Waals surface area contributed by atoms with Gasteiger partial charge < -0.3 is 5.43 Å². The average Bonchev–Trinajstić information content (AvgIpc) is 2.94. The summed E-state index contributed by atoms with van der Waals surface area (Å²) in [7, 11) is 0. The van der Waals surface area contributed by atoms with E-state index in [2.05, 4.69) is 74.2 Å². The predicted octanol–water partition coefficient (Wildman–Crippen LogP) is 4.93. The first kappa shape index (κ1) is 13.3. The fourth-order valence-corrected chi connectivity index (χ4v) is 3.94. The largest absolute Gasteiger partial charge is 0.318 e. The Kier molecular flexibility index (Phi) is 3.30. The first-order valence-corrected chi connectivity index (χ1v) is 7.79. The normalized spacial score (nSPS) is 12.8. The third kappa shape index (κ3) is 2.12. The molecule has 1 unspecified atom stereocenters. The van der Waals surface area contributed by atoms with Crippen molar-refractivity contribution in [3.8, 4) is 0 Å². The van der Waals surface area contributed by atoms with E-state index in [1.807, 2.05) is 11.3 Å². The van der Waals surface area contributed by atoms with Crippen molar-refractivity contribution < 1.29 is 0 Å². The number of nitrogens with one attached hydrogen (secondary N) is 1. The van der Waals surface area contributed by atoms with Gasteiger partial charge in [-0.15, -0.1) is 11.3 Å². The molecule has 3 rings (SSSR count). The van der Waals surface area contributed by atoms with E-state index in [-0.39, 0.29) is 0 Å². The highest BCUT2D eigenvalue weighted by molar-refractivity contribution is 7.19. The number of rotatable bonds is 3. The third-order valence-corrected chi connectivity index (χ3v) is 5.32. The van der Waals surface area contributed by atoms with Gasteiger partial charge in [0.1, 0.15) is 0 Å². The van der Waals surface area contributed by atoms with Gasteiger partial charge in [0, 0.05) is 21.0 Å². The highest BCUT2D eigenvalue weighted by Gasteiger charge is 2.15. The SMILES string of the molecule is Cc1c(C(C)Nn2c(C)ccc2C)sc2ccccc12. The van der Waals surface area contributed by atoms with E-state index in [4.69, 9.17) is 0 Å². The predicted molar refractivity (Wildman–Crippen MR) is 88.2 cm³/mol. The Morgan fingerprint density at radius 1 is 1.00 bits per heavy atom. The van der Waals surface area contributed by atoms with Crippen LogP contribution in [0.15, 0.2) is 36.4 Å². The second-order valence-electron chi connectivity index (χ2n) is 5.39. The average molecular weight is 284 g/mol. The van der Waals surface area contributed by atoms with Crippen molar-refractivity contribution in [3.63, 3.8) is 0 Å². The van der Waals surface area contributed by atoms with E-state index < -0.39 is 0 Å². The second-order valence-corrected chi connectivity index (χ2v) is 6.47. The monoisotopic (exact) mass is 284 g/mol. The zero-order valence-electron chi connectivity index (χ0n) is 12.4. The minimum absolute atomic E-state index is 0.303. The van der Waals surface area contributed by atoms with Gasteiger partial charge in [0.25, 0.3) is 0 Å². The maximum atomic E-state index is 3.60. The van der Waals surface area contributed by atoms with Gasteiger partial charge in [0.15, 0.2) is 0 Å². The Bertz CT molecular complexity index is 732. The molecule has 0 bridgehead atoms. The molecule has 0 aliphatic rings. The number of hydrogen-bond acceptors (Lipinski definition) is 2. The molecule has 20 heavy (non-hydrogen) atoms. The maximum Gasteiger partial charge on any atom is 0.0741 e. The quantitative estimate of drug-likeness (QED) is 0.721. The standard InChI is InChI=1S/C17H20N2S/c1-11-9-10-12(2)19(11)18-14(4)17-13(3)15-7-5-6-8-16(15)20-17/h5-10,14,18H,1-4H3. The summed E-state index contributed by atoms with van der Waals surface area (Å²) in [5, 5.41) is 1.38. The smallest absolute Gasteiger partial charge is 0.0741 e. The lowest BCUT2D eigenvalue weighted by Gasteiger charge is -2.19. The number of benzene rings is 1. The zero-order chi connectivity index (χ0) is 14.3. The first-order chi connectivity index (χ1) is 9.58. The highest BCUT2D eigenvalue weighted by Crippen LogP contribution is 2.34. The lowest BCUT2D eigenvalue weighted by Crippen LogP contribution is -2.20. The number of hydrogen-bond donors (Lipinski definition) is 1. The van der Waals surface area contributed by atoms with Crippen LogP contribution in [0.2, 0.25) is 0 Å². The third-order valence-electron chi connectivity index (χ3n) is 3.87. The van der Waals surface area contributed by atoms with E-state index in [1.165, 1.54) is 31.9 Å². The van der Waals surface area contributed by atoms with Crippen LogP contribution >= 0.6 is 11.3 Å². The molecule has 0 radical (unpaired) electrons. The van der Waals surface area contributed by atoms with E-state index in [0.717, 1.165) is 0 Å². The van der Waals surface area contributed by atoms with Crippen LogP contribution in [-0.4, -0.2) is 4.68 Å². The van der Waals surface area contributed by atoms with Crippen molar-refractivity contribution >= 4 is 21.4 Å². The molecule has 0 fully saturated rings. The topological polar surface area (TPSA) is 17.0 Å². The van der Waals surface area contributed by atoms with Crippen LogP contribution in [0.4, 0.5) is 0 Å². The van der Waals surface area contributed by atoms with Crippen LogP contribution in [0.1, 0.15) is 34.8 Å². The Morgan fingerprint density at radius 2 is 1.65 bits per heavy atom. The van der Waals surface area contributed by atoms with Crippen molar-refractivity contribution in [1.29, 1.82) is 0 Å². The number of nitrogens with zero attached hydrogens (tertiary/aromatic N) is 1. The number of fused-ring (bicyclic) bond motifs is 1. The minimum atomic E-state index is 0.303. The van der Waals surface area contributed by atoms with Gasteiger partial charge in [-0.05, 0) is 56.8 Å². The first-order valence-electron chi connectivity index (χ1n) is 6.97. The molecule has 2 nitrogen and oxygen atoms in total. The molecule has 0 aliphatic carbocycles. The number of aromatic nitrogens is 1. The maximum absolute atomic E-state index is 3.60. The van der Waals surface area contributed by atoms with E-state index in [9.17, 15) is 0 Å². The fourth-order valence-electron chi connectivity index (χ4n) is 2.73. The van der Waals surface area contributed by atoms with E-state index >= 15 is 0 Å². The highest BCUT2D eigenvalue weighted by atomic mass is 32.1. The Hall–Kier alpha value is -1.74. The van der Waals surface area contributed by atoms with Crippen molar-refractivity contribution in [1.82, 2.24) is 4.68 Å². The van der Waals surface area contributed by atoms with Crippen LogP contribution in [0.5, 0.6) is 0 Å². The van der Waals surface area contributed by atoms with Crippen LogP contribution < -0.4 is 5.43 Å². The molecule has 1 aromatic carbocycles. The Labute approximate surface area is 124 Å². The van der Waals surface area contributed by atoms with Crippen molar-refractivity contribution in [2.75, 3.05) is 5.43 Å². The van der Waals surface area contributed by atoms with Gasteiger partial charge in [-0.2, -0.15) is 0 Å². The lowest BCUT2D eigenvalue weighted by molar-refractivity contribution is 0.705. The molecule has 104 valence electrons. The summed E-state index contributed by atoms with van der Waals surface area (Å²) < 4.78 is 3.55. The van der Waals surface area contributed by atoms with E-state index in [0.29, 0.717) is 6.04 Å². The van der Waals surface area contributed by atoms with Gasteiger partial charge in [-0.3, -0.25) is 4.68 Å². The number of aryl methyl sites for hydroxylation is 3.